The Morgan fingerprint density at radius 1 is 1.24 bits per heavy atom. The van der Waals surface area contributed by atoms with Crippen molar-refractivity contribution in [1.82, 2.24) is 0 Å². The first-order valence-corrected chi connectivity index (χ1v) is 5.60. The second kappa shape index (κ2) is 3.65. The van der Waals surface area contributed by atoms with Gasteiger partial charge in [0, 0.05) is 0 Å². The quantitative estimate of drug-likeness (QED) is 0.547. The Balaban J connectivity index is 2.70. The number of ketones is 2. The van der Waals surface area contributed by atoms with Crippen molar-refractivity contribution in [3.05, 3.63) is 24.3 Å². The van der Waals surface area contributed by atoms with E-state index in [-0.39, 0.29) is 11.7 Å². The van der Waals surface area contributed by atoms with Gasteiger partial charge in [0.25, 0.3) is 0 Å². The van der Waals surface area contributed by atoms with E-state index in [2.05, 4.69) is 0 Å². The minimum absolute atomic E-state index is 0.233. The Bertz CT molecular complexity index is 460. The van der Waals surface area contributed by atoms with Crippen LogP contribution in [0.1, 0.15) is 13.8 Å². The smallest absolute Gasteiger partial charge is 0.318 e. The maximum absolute atomic E-state index is 12.0. The highest BCUT2D eigenvalue weighted by atomic mass is 16.4. The maximum atomic E-state index is 12.0. The van der Waals surface area contributed by atoms with Gasteiger partial charge in [-0.2, -0.15) is 0 Å². The number of fused-ring (bicyclic) bond motifs is 1. The molecule has 1 N–H and O–H groups in total. The average Bonchev–Trinajstić information content (AvgIpc) is 2.26. The number of aliphatic carboxylic acids is 1. The number of carbonyl (C=O) groups is 3. The number of hydrogen-bond acceptors (Lipinski definition) is 3. The van der Waals surface area contributed by atoms with Crippen molar-refractivity contribution in [2.24, 2.45) is 23.2 Å². The summed E-state index contributed by atoms with van der Waals surface area (Å²) in [5.41, 5.74) is -1.61. The van der Waals surface area contributed by atoms with Crippen LogP contribution in [0.2, 0.25) is 0 Å². The van der Waals surface area contributed by atoms with Crippen molar-refractivity contribution in [3.63, 3.8) is 0 Å². The minimum Gasteiger partial charge on any atom is -0.480 e. The lowest BCUT2D eigenvalue weighted by Gasteiger charge is -2.44. The van der Waals surface area contributed by atoms with Gasteiger partial charge in [0.15, 0.2) is 11.6 Å². The van der Waals surface area contributed by atoms with Crippen LogP contribution < -0.4 is 0 Å². The first kappa shape index (κ1) is 11.8. The molecule has 0 heterocycles. The van der Waals surface area contributed by atoms with Crippen LogP contribution in [-0.4, -0.2) is 22.6 Å². The monoisotopic (exact) mass is 234 g/mol. The second-order valence-corrected chi connectivity index (χ2v) is 4.78. The summed E-state index contributed by atoms with van der Waals surface area (Å²) in [6, 6.07) is 0. The van der Waals surface area contributed by atoms with Crippen LogP contribution in [0, 0.1) is 23.2 Å². The Kier molecular flexibility index (Phi) is 2.53. The van der Waals surface area contributed by atoms with Crippen molar-refractivity contribution in [2.45, 2.75) is 13.8 Å². The molecule has 4 unspecified atom stereocenters. The van der Waals surface area contributed by atoms with Gasteiger partial charge in [-0.1, -0.05) is 26.0 Å². The third-order valence-electron chi connectivity index (χ3n) is 3.91. The van der Waals surface area contributed by atoms with E-state index in [1.807, 2.05) is 6.08 Å². The van der Waals surface area contributed by atoms with Crippen molar-refractivity contribution in [1.29, 1.82) is 0 Å². The van der Waals surface area contributed by atoms with Crippen molar-refractivity contribution >= 4 is 17.5 Å². The fourth-order valence-corrected chi connectivity index (χ4v) is 3.00. The standard InChI is InChI=1S/C13H14O4/c1-7-3-4-8(2)13(12(16)17)10(15)6-5-9(14)11(7)13/h3-8,11H,1-2H3,(H,16,17). The fraction of sp³-hybridized carbons (Fsp3) is 0.462. The lowest BCUT2D eigenvalue weighted by atomic mass is 9.55. The Morgan fingerprint density at radius 3 is 2.41 bits per heavy atom. The molecule has 0 aromatic rings. The zero-order chi connectivity index (χ0) is 12.8. The Labute approximate surface area is 99.0 Å². The molecule has 0 bridgehead atoms. The molecule has 0 aromatic carbocycles. The molecule has 0 amide bonds. The lowest BCUT2D eigenvalue weighted by Crippen LogP contribution is -2.56. The van der Waals surface area contributed by atoms with Crippen LogP contribution in [0.5, 0.6) is 0 Å². The lowest BCUT2D eigenvalue weighted by molar-refractivity contribution is -0.166. The SMILES string of the molecule is CC1C=CC(C)C2(C(=O)O)C(=O)C=CC(=O)C12. The number of hydrogen-bond donors (Lipinski definition) is 1. The van der Waals surface area contributed by atoms with Gasteiger partial charge in [-0.05, 0) is 24.0 Å². The van der Waals surface area contributed by atoms with Gasteiger partial charge in [-0.15, -0.1) is 0 Å². The van der Waals surface area contributed by atoms with E-state index in [9.17, 15) is 19.5 Å². The van der Waals surface area contributed by atoms with Crippen molar-refractivity contribution in [3.8, 4) is 0 Å². The van der Waals surface area contributed by atoms with Crippen molar-refractivity contribution < 1.29 is 19.5 Å². The molecule has 2 rings (SSSR count). The van der Waals surface area contributed by atoms with Crippen LogP contribution in [-0.2, 0) is 14.4 Å². The highest BCUT2D eigenvalue weighted by Gasteiger charge is 2.60. The number of carboxylic acids is 1. The largest absolute Gasteiger partial charge is 0.480 e. The molecule has 0 spiro atoms. The molecule has 0 saturated carbocycles. The number of allylic oxidation sites excluding steroid dienone is 4. The van der Waals surface area contributed by atoms with Crippen LogP contribution in [0.25, 0.3) is 0 Å². The molecule has 0 aromatic heterocycles. The van der Waals surface area contributed by atoms with E-state index in [1.54, 1.807) is 19.9 Å². The summed E-state index contributed by atoms with van der Waals surface area (Å²) in [6.07, 6.45) is 5.85. The highest BCUT2D eigenvalue weighted by molar-refractivity contribution is 6.18. The molecule has 0 aliphatic heterocycles. The van der Waals surface area contributed by atoms with Crippen LogP contribution in [0.15, 0.2) is 24.3 Å². The maximum Gasteiger partial charge on any atom is 0.318 e. The summed E-state index contributed by atoms with van der Waals surface area (Å²) in [7, 11) is 0. The molecule has 2 aliphatic carbocycles. The van der Waals surface area contributed by atoms with E-state index in [0.29, 0.717) is 0 Å². The van der Waals surface area contributed by atoms with E-state index in [1.165, 1.54) is 6.08 Å². The third kappa shape index (κ3) is 1.33. The number of rotatable bonds is 1. The summed E-state index contributed by atoms with van der Waals surface area (Å²) in [5.74, 6) is -3.42. The predicted molar refractivity (Wildman–Crippen MR) is 60.2 cm³/mol. The number of carboxylic acid groups (broad SMARTS) is 1. The van der Waals surface area contributed by atoms with Crippen LogP contribution >= 0.6 is 0 Å². The third-order valence-corrected chi connectivity index (χ3v) is 3.91. The molecule has 4 nitrogen and oxygen atoms in total. The summed E-state index contributed by atoms with van der Waals surface area (Å²) < 4.78 is 0. The minimum atomic E-state index is -1.61. The summed E-state index contributed by atoms with van der Waals surface area (Å²) >= 11 is 0. The molecule has 2 aliphatic rings. The summed E-state index contributed by atoms with van der Waals surface area (Å²) in [5, 5.41) is 9.46. The van der Waals surface area contributed by atoms with Crippen LogP contribution in [0.3, 0.4) is 0 Å². The molecular weight excluding hydrogens is 220 g/mol. The molecule has 90 valence electrons. The number of carbonyl (C=O) groups excluding carboxylic acids is 2. The van der Waals surface area contributed by atoms with Gasteiger partial charge in [0.1, 0.15) is 5.41 Å². The van der Waals surface area contributed by atoms with Gasteiger partial charge < -0.3 is 5.11 Å². The molecule has 0 radical (unpaired) electrons. The van der Waals surface area contributed by atoms with Gasteiger partial charge in [0.2, 0.25) is 0 Å². The Morgan fingerprint density at radius 2 is 1.88 bits per heavy atom. The zero-order valence-corrected chi connectivity index (χ0v) is 9.71. The molecule has 0 saturated heterocycles. The summed E-state index contributed by atoms with van der Waals surface area (Å²) in [4.78, 5) is 35.5. The fourth-order valence-electron chi connectivity index (χ4n) is 3.00. The molecule has 4 atom stereocenters. The molecule has 0 fully saturated rings. The van der Waals surface area contributed by atoms with Crippen molar-refractivity contribution in [2.75, 3.05) is 0 Å². The van der Waals surface area contributed by atoms with E-state index in [0.717, 1.165) is 6.08 Å². The zero-order valence-electron chi connectivity index (χ0n) is 9.71. The van der Waals surface area contributed by atoms with Crippen LogP contribution in [0.4, 0.5) is 0 Å². The first-order valence-electron chi connectivity index (χ1n) is 5.60. The molecule has 4 heteroatoms. The average molecular weight is 234 g/mol. The van der Waals surface area contributed by atoms with E-state index >= 15 is 0 Å². The Hall–Kier alpha value is -1.71. The van der Waals surface area contributed by atoms with Gasteiger partial charge in [-0.25, -0.2) is 0 Å². The van der Waals surface area contributed by atoms with Gasteiger partial charge >= 0.3 is 5.97 Å². The van der Waals surface area contributed by atoms with E-state index < -0.39 is 29.0 Å². The van der Waals surface area contributed by atoms with Gasteiger partial charge in [-0.3, -0.25) is 14.4 Å². The van der Waals surface area contributed by atoms with Gasteiger partial charge in [0.05, 0.1) is 5.92 Å². The molecular formula is C13H14O4. The topological polar surface area (TPSA) is 71.4 Å². The summed E-state index contributed by atoms with van der Waals surface area (Å²) in [6.45, 7) is 3.45. The first-order chi connectivity index (χ1) is 7.92. The second-order valence-electron chi connectivity index (χ2n) is 4.78. The highest BCUT2D eigenvalue weighted by Crippen LogP contribution is 2.48. The predicted octanol–water partition coefficient (Wildman–Crippen LogP) is 1.22. The van der Waals surface area contributed by atoms with E-state index in [4.69, 9.17) is 0 Å². The molecule has 17 heavy (non-hydrogen) atoms. The normalized spacial score (nSPS) is 40.2.